The molecule has 12 amide bonds. The van der Waals surface area contributed by atoms with Gasteiger partial charge in [0.25, 0.3) is 0 Å². The van der Waals surface area contributed by atoms with Crippen LogP contribution in [0.1, 0.15) is 146 Å². The van der Waals surface area contributed by atoms with E-state index in [0.717, 1.165) is 68.5 Å². The number of fused-ring (bicyclic) bond motifs is 1. The van der Waals surface area contributed by atoms with Crippen LogP contribution in [0.5, 0.6) is 0 Å². The van der Waals surface area contributed by atoms with Crippen molar-refractivity contribution in [2.24, 2.45) is 17.8 Å². The van der Waals surface area contributed by atoms with Crippen LogP contribution in [0.2, 0.25) is 5.02 Å². The van der Waals surface area contributed by atoms with E-state index in [9.17, 15) is 55.1 Å². The van der Waals surface area contributed by atoms with Gasteiger partial charge in [0.05, 0.1) is 55.4 Å². The van der Waals surface area contributed by atoms with Crippen LogP contribution in [0.25, 0.3) is 0 Å². The number of morpholine rings is 1. The zero-order valence-corrected chi connectivity index (χ0v) is 62.7. The maximum Gasteiger partial charge on any atom is 0.417 e. The summed E-state index contributed by atoms with van der Waals surface area (Å²) in [6.45, 7) is 5.42. The van der Waals surface area contributed by atoms with E-state index in [2.05, 4.69) is 16.0 Å². The number of aryl methyl sites for hydroxylation is 1. The Morgan fingerprint density at radius 1 is 0.619 bits per heavy atom. The van der Waals surface area contributed by atoms with E-state index in [1.54, 1.807) is 13.8 Å². The molecule has 0 radical (unpaired) electrons. The van der Waals surface area contributed by atoms with Gasteiger partial charge >= 0.3 is 12.4 Å². The molecule has 2 saturated carbocycles. The SMILES string of the molecule is CC[C@H](C)[C@@H]1NC(=O)[C@H](CC(C)C)N(C)C(=O)C[C@@H](C(=O)N2CCOCC2)N(C)C(=O)[C@H](C2CCCCC2)N(C)C(=O)C2(CCCC2)NC(=O)[C@@H]2CCCN2C(=O)[C@H](CCc2ccc(C(F)(F)F)c(Cl)c2)NC(=O)CN(C)C(=O)[C@H](Cc2ccc(C(F)(F)F)cc2)N(C)C(=O)CN(C)C(=O)CN(C)C1=O. The number of benzene rings is 2. The van der Waals surface area contributed by atoms with Crippen molar-refractivity contribution in [2.45, 2.75) is 197 Å². The summed E-state index contributed by atoms with van der Waals surface area (Å²) in [6.07, 6.45) is -6.00. The average molecular weight is 1510 g/mol. The van der Waals surface area contributed by atoms with Gasteiger partial charge in [-0.1, -0.05) is 96.0 Å². The number of halogens is 7. The zero-order valence-electron chi connectivity index (χ0n) is 62.0. The van der Waals surface area contributed by atoms with E-state index in [-0.39, 0.29) is 94.8 Å². The third-order valence-electron chi connectivity index (χ3n) is 21.4. The summed E-state index contributed by atoms with van der Waals surface area (Å²) < 4.78 is 88.7. The summed E-state index contributed by atoms with van der Waals surface area (Å²) in [5.74, 6) is -10.5. The van der Waals surface area contributed by atoms with Gasteiger partial charge in [0.2, 0.25) is 70.9 Å². The van der Waals surface area contributed by atoms with Gasteiger partial charge in [-0.15, -0.1) is 0 Å². The molecule has 5 aliphatic rings. The molecule has 32 heteroatoms. The molecule has 3 saturated heterocycles. The highest BCUT2D eigenvalue weighted by Crippen LogP contribution is 2.39. The average Bonchev–Trinajstić information content (AvgIpc) is 1.75. The monoisotopic (exact) mass is 1500 g/mol. The number of likely N-dealkylation sites (N-methyl/N-ethyl adjacent to an activating group) is 7. The minimum absolute atomic E-state index is 0.0479. The van der Waals surface area contributed by atoms with Crippen molar-refractivity contribution < 1.29 is 88.6 Å². The lowest BCUT2D eigenvalue weighted by Gasteiger charge is -2.43. The largest absolute Gasteiger partial charge is 0.417 e. The van der Waals surface area contributed by atoms with Gasteiger partial charge in [-0.25, -0.2) is 0 Å². The maximum atomic E-state index is 15.8. The lowest BCUT2D eigenvalue weighted by molar-refractivity contribution is -0.158. The molecule has 7 rings (SSSR count). The van der Waals surface area contributed by atoms with Gasteiger partial charge in [0.1, 0.15) is 47.8 Å². The van der Waals surface area contributed by atoms with E-state index in [0.29, 0.717) is 44.9 Å². The Morgan fingerprint density at radius 2 is 1.22 bits per heavy atom. The number of ether oxygens (including phenoxy) is 1. The molecule has 3 aliphatic heterocycles. The van der Waals surface area contributed by atoms with Crippen LogP contribution in [-0.4, -0.2) is 265 Å². The minimum Gasteiger partial charge on any atom is -0.378 e. The van der Waals surface area contributed by atoms with Gasteiger partial charge < -0.3 is 64.8 Å². The number of carbonyl (C=O) groups is 12. The molecule has 5 fully saturated rings. The highest BCUT2D eigenvalue weighted by Gasteiger charge is 2.52. The van der Waals surface area contributed by atoms with E-state index in [1.807, 2.05) is 13.8 Å². The number of hydrogen-bond donors (Lipinski definition) is 3. The fourth-order valence-electron chi connectivity index (χ4n) is 14.8. The number of amides is 12. The van der Waals surface area contributed by atoms with Crippen molar-refractivity contribution in [1.29, 1.82) is 0 Å². The first kappa shape index (κ1) is 84.2. The highest BCUT2D eigenvalue weighted by atomic mass is 35.5. The fraction of sp³-hybridized carbons (Fsp3) is 0.671. The Hall–Kier alpha value is -8.09. The molecule has 3 N–H and O–H groups in total. The summed E-state index contributed by atoms with van der Waals surface area (Å²) >= 11 is 6.13. The van der Waals surface area contributed by atoms with Crippen molar-refractivity contribution in [3.63, 3.8) is 0 Å². The number of carbonyl (C=O) groups excluding carboxylic acids is 12. The number of hydrogen-bond acceptors (Lipinski definition) is 13. The highest BCUT2D eigenvalue weighted by molar-refractivity contribution is 6.31. The third-order valence-corrected chi connectivity index (χ3v) is 21.7. The Balaban J connectivity index is 1.31. The molecule has 2 aliphatic carbocycles. The molecule has 0 unspecified atom stereocenters. The van der Waals surface area contributed by atoms with Crippen LogP contribution in [-0.2, 0) is 87.5 Å². The van der Waals surface area contributed by atoms with E-state index < -0.39 is 192 Å². The normalized spacial score (nSPS) is 25.3. The molecule has 8 atom stereocenters. The predicted molar refractivity (Wildman–Crippen MR) is 375 cm³/mol. The van der Waals surface area contributed by atoms with Crippen LogP contribution < -0.4 is 16.0 Å². The first-order valence-electron chi connectivity index (χ1n) is 36.2. The van der Waals surface area contributed by atoms with Crippen molar-refractivity contribution >= 4 is 82.5 Å². The van der Waals surface area contributed by atoms with Gasteiger partial charge in [0.15, 0.2) is 0 Å². The fourth-order valence-corrected chi connectivity index (χ4v) is 15.1. The molecule has 2 aromatic carbocycles. The molecule has 2 aromatic rings. The topological polar surface area (TPSA) is 279 Å². The summed E-state index contributed by atoms with van der Waals surface area (Å²) in [5.41, 5.74) is -3.43. The maximum absolute atomic E-state index is 15.8. The molecule has 582 valence electrons. The van der Waals surface area contributed by atoms with Gasteiger partial charge in [0, 0.05) is 75.4 Å². The van der Waals surface area contributed by atoms with Crippen molar-refractivity contribution in [1.82, 2.24) is 60.0 Å². The summed E-state index contributed by atoms with van der Waals surface area (Å²) in [5, 5.41) is 7.87. The molecule has 0 bridgehead atoms. The van der Waals surface area contributed by atoms with Crippen LogP contribution in [0.3, 0.4) is 0 Å². The van der Waals surface area contributed by atoms with Crippen molar-refractivity contribution in [3.05, 3.63) is 69.7 Å². The molecular formula is C73H103ClF6N12O13. The summed E-state index contributed by atoms with van der Waals surface area (Å²) in [6, 6.07) is -2.98. The molecule has 1 spiro atoms. The first-order valence-corrected chi connectivity index (χ1v) is 36.6. The minimum atomic E-state index is -4.82. The summed E-state index contributed by atoms with van der Waals surface area (Å²) in [4.78, 5) is 190. The van der Waals surface area contributed by atoms with Gasteiger partial charge in [-0.3, -0.25) is 57.5 Å². The Labute approximate surface area is 615 Å². The van der Waals surface area contributed by atoms with Gasteiger partial charge in [-0.05, 0) is 111 Å². The van der Waals surface area contributed by atoms with Crippen LogP contribution in [0, 0.1) is 17.8 Å². The second-order valence-corrected chi connectivity index (χ2v) is 29.8. The number of rotatable bonds is 11. The zero-order chi connectivity index (χ0) is 77.7. The smallest absolute Gasteiger partial charge is 0.378 e. The van der Waals surface area contributed by atoms with Crippen molar-refractivity contribution in [2.75, 3.05) is 102 Å². The van der Waals surface area contributed by atoms with E-state index in [1.165, 1.54) is 73.8 Å². The Morgan fingerprint density at radius 3 is 1.81 bits per heavy atom. The molecular weight excluding hydrogens is 1400 g/mol. The lowest BCUT2D eigenvalue weighted by atomic mass is 9.81. The number of nitrogens with zero attached hydrogens (tertiary/aromatic N) is 9. The standard InChI is InChI=1S/C73H103ClF6N12O13/c1-12-45(4)61-68(102)86(7)42-59(95)84(5)43-60(96)88(9)55(39-47-22-26-49(27-23-47)72(75,76)77)66(100)85(6)41-57(93)81-52(29-25-46-24-28-50(51(74)38-46)73(78,79)80)65(99)92-32-18-21-53(92)64(98)83-71(30-16-17-31-71)70(104)90(11)62(48-19-14-13-15-20-48)69(103)89(10)56(67(101)91-33-35-105-36-34-91)40-58(94)87(8)54(37-44(2)3)63(97)82-61/h22-24,26-28,38,44-45,48,52-56,61-62H,12-21,25,29-37,39-43H2,1-11H3,(H,81,93)(H,82,97)(H,83,98)/t45-,52-,53-,54-,55-,56-,61-,62-/m0/s1. The molecule has 0 aromatic heterocycles. The number of nitrogens with one attached hydrogen (secondary N) is 3. The van der Waals surface area contributed by atoms with Crippen molar-refractivity contribution in [3.8, 4) is 0 Å². The molecule has 3 heterocycles. The van der Waals surface area contributed by atoms with Crippen LogP contribution in [0.15, 0.2) is 42.5 Å². The molecule has 25 nitrogen and oxygen atoms in total. The second kappa shape index (κ2) is 36.5. The van der Waals surface area contributed by atoms with Crippen LogP contribution in [0.4, 0.5) is 26.3 Å². The quantitative estimate of drug-likeness (QED) is 0.233. The first-order chi connectivity index (χ1) is 49.3. The number of alkyl halides is 6. The Bertz CT molecular complexity index is 3480. The van der Waals surface area contributed by atoms with Gasteiger partial charge in [-0.2, -0.15) is 26.3 Å². The Kier molecular flexibility index (Phi) is 29.2. The molecule has 105 heavy (non-hydrogen) atoms. The third kappa shape index (κ3) is 21.2. The lowest BCUT2D eigenvalue weighted by Crippen LogP contribution is -2.65. The summed E-state index contributed by atoms with van der Waals surface area (Å²) in [7, 11) is 9.19. The second-order valence-electron chi connectivity index (χ2n) is 29.4. The van der Waals surface area contributed by atoms with Crippen LogP contribution >= 0.6 is 11.6 Å². The predicted octanol–water partition coefficient (Wildman–Crippen LogP) is 5.56. The van der Waals surface area contributed by atoms with E-state index >= 15 is 28.8 Å². The van der Waals surface area contributed by atoms with E-state index in [4.69, 9.17) is 16.3 Å².